The van der Waals surface area contributed by atoms with E-state index >= 15 is 0 Å². The number of thioether (sulfide) groups is 1. The number of methoxy groups -OCH3 is 1. The molecule has 1 unspecified atom stereocenters. The number of nitrogens with two attached hydrogens (primary N) is 1. The van der Waals surface area contributed by atoms with Gasteiger partial charge in [-0.3, -0.25) is 4.79 Å². The molecule has 7 heteroatoms. The fraction of sp³-hybridized carbons (Fsp3) is 0.769. The Morgan fingerprint density at radius 3 is 3.00 bits per heavy atom. The van der Waals surface area contributed by atoms with E-state index in [1.165, 1.54) is 26.4 Å². The van der Waals surface area contributed by atoms with E-state index in [9.17, 15) is 4.79 Å². The second-order valence-corrected chi connectivity index (χ2v) is 6.43. The molecule has 1 aromatic rings. The lowest BCUT2D eigenvalue weighted by molar-refractivity contribution is -0.146. The molecule has 1 aliphatic heterocycles. The van der Waals surface area contributed by atoms with E-state index < -0.39 is 5.54 Å². The summed E-state index contributed by atoms with van der Waals surface area (Å²) in [6.07, 6.45) is 5.16. The normalized spacial score (nSPS) is 17.9. The lowest BCUT2D eigenvalue weighted by Gasteiger charge is -2.20. The molecule has 0 bridgehead atoms. The first-order valence-electron chi connectivity index (χ1n) is 6.97. The van der Waals surface area contributed by atoms with Crippen molar-refractivity contribution in [2.45, 2.75) is 56.3 Å². The summed E-state index contributed by atoms with van der Waals surface area (Å²) >= 11 is 1.61. The first kappa shape index (κ1) is 15.3. The van der Waals surface area contributed by atoms with Crippen LogP contribution in [0, 0.1) is 0 Å². The highest BCUT2D eigenvalue weighted by Gasteiger charge is 2.29. The number of fused-ring (bicyclic) bond motifs is 1. The number of hydrogen-bond donors (Lipinski definition) is 1. The Morgan fingerprint density at radius 2 is 2.25 bits per heavy atom. The summed E-state index contributed by atoms with van der Waals surface area (Å²) in [6.45, 7) is 2.69. The summed E-state index contributed by atoms with van der Waals surface area (Å²) < 4.78 is 6.90. The van der Waals surface area contributed by atoms with Gasteiger partial charge in [-0.1, -0.05) is 18.2 Å². The van der Waals surface area contributed by atoms with Crippen LogP contribution in [0.4, 0.5) is 0 Å². The molecule has 0 saturated heterocycles. The lowest BCUT2D eigenvalue weighted by Crippen LogP contribution is -2.46. The Morgan fingerprint density at radius 1 is 1.45 bits per heavy atom. The highest BCUT2D eigenvalue weighted by Crippen LogP contribution is 2.23. The second kappa shape index (κ2) is 6.58. The Kier molecular flexibility index (Phi) is 5.04. The number of esters is 1. The summed E-state index contributed by atoms with van der Waals surface area (Å²) in [5.41, 5.74) is 5.00. The van der Waals surface area contributed by atoms with Crippen LogP contribution in [0.25, 0.3) is 0 Å². The molecule has 0 spiro atoms. The third-order valence-electron chi connectivity index (χ3n) is 3.58. The van der Waals surface area contributed by atoms with Crippen molar-refractivity contribution < 1.29 is 9.53 Å². The van der Waals surface area contributed by atoms with Crippen molar-refractivity contribution in [3.8, 4) is 0 Å². The first-order chi connectivity index (χ1) is 9.54. The molecule has 0 amide bonds. The number of aromatic nitrogens is 3. The van der Waals surface area contributed by atoms with Crippen LogP contribution < -0.4 is 5.73 Å². The van der Waals surface area contributed by atoms with Gasteiger partial charge in [0.2, 0.25) is 0 Å². The van der Waals surface area contributed by atoms with E-state index in [2.05, 4.69) is 14.8 Å². The van der Waals surface area contributed by atoms with Gasteiger partial charge in [0.1, 0.15) is 11.4 Å². The van der Waals surface area contributed by atoms with Crippen LogP contribution in [-0.4, -0.2) is 39.1 Å². The van der Waals surface area contributed by atoms with Gasteiger partial charge in [-0.15, -0.1) is 10.2 Å². The molecule has 0 radical (unpaired) electrons. The van der Waals surface area contributed by atoms with Crippen molar-refractivity contribution in [1.29, 1.82) is 0 Å². The van der Waals surface area contributed by atoms with Crippen LogP contribution in [0.1, 0.15) is 38.4 Å². The molecular weight excluding hydrogens is 276 g/mol. The van der Waals surface area contributed by atoms with Crippen LogP contribution in [0.15, 0.2) is 5.16 Å². The Bertz CT molecular complexity index is 473. The van der Waals surface area contributed by atoms with E-state index in [1.807, 2.05) is 0 Å². The third-order valence-corrected chi connectivity index (χ3v) is 4.55. The molecule has 0 fully saturated rings. The monoisotopic (exact) mass is 298 g/mol. The molecule has 1 aromatic heterocycles. The molecule has 0 saturated carbocycles. The molecule has 20 heavy (non-hydrogen) atoms. The van der Waals surface area contributed by atoms with Crippen molar-refractivity contribution >= 4 is 17.7 Å². The molecule has 0 aliphatic carbocycles. The van der Waals surface area contributed by atoms with Gasteiger partial charge in [-0.05, 0) is 26.2 Å². The van der Waals surface area contributed by atoms with Gasteiger partial charge in [-0.2, -0.15) is 0 Å². The molecule has 2 rings (SSSR count). The highest BCUT2D eigenvalue weighted by molar-refractivity contribution is 7.99. The number of rotatable bonds is 5. The zero-order chi connectivity index (χ0) is 14.6. The van der Waals surface area contributed by atoms with Gasteiger partial charge in [0.25, 0.3) is 0 Å². The van der Waals surface area contributed by atoms with E-state index in [1.54, 1.807) is 18.7 Å². The highest BCUT2D eigenvalue weighted by atomic mass is 32.2. The van der Waals surface area contributed by atoms with Crippen LogP contribution in [0.3, 0.4) is 0 Å². The maximum absolute atomic E-state index is 11.5. The predicted molar refractivity (Wildman–Crippen MR) is 77.5 cm³/mol. The Balaban J connectivity index is 1.92. The molecular formula is C13H22N4O2S. The quantitative estimate of drug-likeness (QED) is 0.653. The summed E-state index contributed by atoms with van der Waals surface area (Å²) in [5.74, 6) is 1.42. The minimum Gasteiger partial charge on any atom is -0.468 e. The van der Waals surface area contributed by atoms with Gasteiger partial charge < -0.3 is 15.0 Å². The minimum absolute atomic E-state index is 0.377. The fourth-order valence-electron chi connectivity index (χ4n) is 2.25. The summed E-state index contributed by atoms with van der Waals surface area (Å²) in [7, 11) is 1.36. The SMILES string of the molecule is COC(=O)C(C)(N)CCSc1nnc2n1CCCCC2. The third kappa shape index (κ3) is 3.52. The van der Waals surface area contributed by atoms with E-state index in [-0.39, 0.29) is 5.97 Å². The summed E-state index contributed by atoms with van der Waals surface area (Å²) in [4.78, 5) is 11.5. The van der Waals surface area contributed by atoms with Crippen molar-refractivity contribution in [2.75, 3.05) is 12.9 Å². The number of ether oxygens (including phenoxy) is 1. The fourth-order valence-corrected chi connectivity index (χ4v) is 3.41. The standard InChI is InChI=1S/C13H22N4O2S/c1-13(14,11(18)19-2)7-9-20-12-16-15-10-6-4-3-5-8-17(10)12/h3-9,14H2,1-2H3. The van der Waals surface area contributed by atoms with Crippen LogP contribution in [0.2, 0.25) is 0 Å². The number of carbonyl (C=O) groups excluding carboxylic acids is 1. The number of aryl methyl sites for hydroxylation is 1. The molecule has 0 aromatic carbocycles. The number of nitrogens with zero attached hydrogens (tertiary/aromatic N) is 3. The summed E-state index contributed by atoms with van der Waals surface area (Å²) in [6, 6.07) is 0. The maximum Gasteiger partial charge on any atom is 0.325 e. The average molecular weight is 298 g/mol. The van der Waals surface area contributed by atoms with Crippen molar-refractivity contribution in [1.82, 2.24) is 14.8 Å². The molecule has 2 heterocycles. The zero-order valence-electron chi connectivity index (χ0n) is 12.1. The maximum atomic E-state index is 11.5. The Hall–Kier alpha value is -1.08. The number of hydrogen-bond acceptors (Lipinski definition) is 6. The molecule has 1 atom stereocenters. The van der Waals surface area contributed by atoms with Gasteiger partial charge >= 0.3 is 5.97 Å². The summed E-state index contributed by atoms with van der Waals surface area (Å²) in [5, 5.41) is 9.43. The smallest absolute Gasteiger partial charge is 0.325 e. The van der Waals surface area contributed by atoms with Crippen LogP contribution in [-0.2, 0) is 22.5 Å². The van der Waals surface area contributed by atoms with Crippen molar-refractivity contribution in [2.24, 2.45) is 5.73 Å². The van der Waals surface area contributed by atoms with E-state index in [4.69, 9.17) is 10.5 Å². The van der Waals surface area contributed by atoms with Crippen LogP contribution in [0.5, 0.6) is 0 Å². The number of carbonyl (C=O) groups is 1. The molecule has 1 aliphatic rings. The molecule has 6 nitrogen and oxygen atoms in total. The first-order valence-corrected chi connectivity index (χ1v) is 7.95. The second-order valence-electron chi connectivity index (χ2n) is 5.37. The van der Waals surface area contributed by atoms with Crippen LogP contribution >= 0.6 is 11.8 Å². The van der Waals surface area contributed by atoms with E-state index in [0.29, 0.717) is 6.42 Å². The van der Waals surface area contributed by atoms with Gasteiger partial charge in [0.15, 0.2) is 5.16 Å². The average Bonchev–Trinajstić information content (AvgIpc) is 2.66. The zero-order valence-corrected chi connectivity index (χ0v) is 12.9. The van der Waals surface area contributed by atoms with Crippen molar-refractivity contribution in [3.05, 3.63) is 5.82 Å². The minimum atomic E-state index is -0.941. The molecule has 112 valence electrons. The predicted octanol–water partition coefficient (Wildman–Crippen LogP) is 1.38. The van der Waals surface area contributed by atoms with Gasteiger partial charge in [0, 0.05) is 18.7 Å². The Labute approximate surface area is 123 Å². The van der Waals surface area contributed by atoms with Gasteiger partial charge in [-0.25, -0.2) is 0 Å². The molecule has 2 N–H and O–H groups in total. The lowest BCUT2D eigenvalue weighted by atomic mass is 10.0. The van der Waals surface area contributed by atoms with Crippen molar-refractivity contribution in [3.63, 3.8) is 0 Å². The topological polar surface area (TPSA) is 83.0 Å². The van der Waals surface area contributed by atoms with E-state index in [0.717, 1.165) is 29.7 Å². The van der Waals surface area contributed by atoms with Gasteiger partial charge in [0.05, 0.1) is 7.11 Å². The largest absolute Gasteiger partial charge is 0.468 e.